The maximum Gasteiger partial charge on any atom is -0.00335 e. The van der Waals surface area contributed by atoms with Crippen LogP contribution in [-0.4, -0.2) is 24.6 Å². The van der Waals surface area contributed by atoms with Gasteiger partial charge in [0.2, 0.25) is 0 Å². The molecule has 0 amide bonds. The summed E-state index contributed by atoms with van der Waals surface area (Å²) < 4.78 is 0. The summed E-state index contributed by atoms with van der Waals surface area (Å²) in [5.41, 5.74) is 11.0. The summed E-state index contributed by atoms with van der Waals surface area (Å²) in [6.45, 7) is 1.28. The van der Waals surface area contributed by atoms with Crippen LogP contribution in [-0.2, 0) is 0 Å². The van der Waals surface area contributed by atoms with Crippen molar-refractivity contribution < 1.29 is 0 Å². The second-order valence-electron chi connectivity index (χ2n) is 2.36. The topological polar surface area (TPSA) is 52.0 Å². The van der Waals surface area contributed by atoms with Crippen LogP contribution < -0.4 is 11.5 Å². The molecule has 62 valence electrons. The molecule has 4 heteroatoms. The second kappa shape index (κ2) is 6.34. The van der Waals surface area contributed by atoms with Crippen molar-refractivity contribution in [2.45, 2.75) is 0 Å². The molecular formula is C6H16N2S2. The van der Waals surface area contributed by atoms with E-state index < -0.39 is 0 Å². The van der Waals surface area contributed by atoms with Crippen molar-refractivity contribution in [2.75, 3.05) is 24.6 Å². The molecule has 0 radical (unpaired) electrons. The molecule has 4 N–H and O–H groups in total. The molecule has 0 bridgehead atoms. The van der Waals surface area contributed by atoms with Crippen molar-refractivity contribution >= 4 is 25.3 Å². The highest BCUT2D eigenvalue weighted by atomic mass is 32.1. The Labute approximate surface area is 73.6 Å². The summed E-state index contributed by atoms with van der Waals surface area (Å²) in [6.07, 6.45) is 0. The molecule has 0 saturated carbocycles. The Hall–Kier alpha value is 0.620. The number of hydrogen-bond donors (Lipinski definition) is 4. The van der Waals surface area contributed by atoms with E-state index in [9.17, 15) is 0 Å². The van der Waals surface area contributed by atoms with E-state index in [4.69, 9.17) is 11.5 Å². The minimum Gasteiger partial charge on any atom is -0.330 e. The molecule has 0 aromatic carbocycles. The van der Waals surface area contributed by atoms with E-state index in [1.807, 2.05) is 0 Å². The summed E-state index contributed by atoms with van der Waals surface area (Å²) in [5.74, 6) is 2.49. The van der Waals surface area contributed by atoms with Gasteiger partial charge in [0.05, 0.1) is 0 Å². The van der Waals surface area contributed by atoms with Crippen LogP contribution in [0.3, 0.4) is 0 Å². The second-order valence-corrected chi connectivity index (χ2v) is 3.09. The number of nitrogens with two attached hydrogens (primary N) is 2. The molecule has 0 aromatic heterocycles. The molecule has 0 atom stereocenters. The average Bonchev–Trinajstić information content (AvgIpc) is 2.00. The Bertz CT molecular complexity index is 62.1. The van der Waals surface area contributed by atoms with Gasteiger partial charge in [0.25, 0.3) is 0 Å². The Morgan fingerprint density at radius 3 is 1.40 bits per heavy atom. The third kappa shape index (κ3) is 3.14. The van der Waals surface area contributed by atoms with Gasteiger partial charge in [0, 0.05) is 0 Å². The first-order valence-corrected chi connectivity index (χ1v) is 4.68. The molecule has 0 rings (SSSR count). The van der Waals surface area contributed by atoms with Gasteiger partial charge in [-0.15, -0.1) is 0 Å². The fourth-order valence-corrected chi connectivity index (χ4v) is 1.90. The van der Waals surface area contributed by atoms with Crippen molar-refractivity contribution in [1.29, 1.82) is 0 Å². The number of thiol groups is 2. The van der Waals surface area contributed by atoms with Crippen molar-refractivity contribution in [3.05, 3.63) is 0 Å². The lowest BCUT2D eigenvalue weighted by molar-refractivity contribution is 0.417. The lowest BCUT2D eigenvalue weighted by Gasteiger charge is -2.20. The molecule has 0 aliphatic carbocycles. The van der Waals surface area contributed by atoms with Gasteiger partial charge in [-0.05, 0) is 36.4 Å². The average molecular weight is 180 g/mol. The third-order valence-electron chi connectivity index (χ3n) is 1.74. The van der Waals surface area contributed by atoms with Crippen LogP contribution in [0.1, 0.15) is 0 Å². The molecule has 2 nitrogen and oxygen atoms in total. The largest absolute Gasteiger partial charge is 0.330 e. The molecule has 0 unspecified atom stereocenters. The van der Waals surface area contributed by atoms with E-state index in [-0.39, 0.29) is 0 Å². The monoisotopic (exact) mass is 180 g/mol. The van der Waals surface area contributed by atoms with Crippen LogP contribution in [0, 0.1) is 11.8 Å². The van der Waals surface area contributed by atoms with Crippen LogP contribution in [0.25, 0.3) is 0 Å². The molecule has 0 spiro atoms. The SMILES string of the molecule is NCC(CN)C(CS)CS. The van der Waals surface area contributed by atoms with Gasteiger partial charge >= 0.3 is 0 Å². The normalized spacial score (nSPS) is 11.4. The highest BCUT2D eigenvalue weighted by Crippen LogP contribution is 2.12. The molecule has 0 heterocycles. The van der Waals surface area contributed by atoms with Gasteiger partial charge in [-0.25, -0.2) is 0 Å². The van der Waals surface area contributed by atoms with Gasteiger partial charge in [0.1, 0.15) is 0 Å². The summed E-state index contributed by atoms with van der Waals surface area (Å²) in [6, 6.07) is 0. The molecule has 0 saturated heterocycles. The molecule has 0 aliphatic heterocycles. The predicted molar refractivity (Wildman–Crippen MR) is 52.8 cm³/mol. The first-order valence-electron chi connectivity index (χ1n) is 3.42. The van der Waals surface area contributed by atoms with Crippen LogP contribution in [0.2, 0.25) is 0 Å². The summed E-state index contributed by atoms with van der Waals surface area (Å²) >= 11 is 8.37. The van der Waals surface area contributed by atoms with Crippen LogP contribution in [0.15, 0.2) is 0 Å². The van der Waals surface area contributed by atoms with Crippen molar-refractivity contribution in [3.8, 4) is 0 Å². The van der Waals surface area contributed by atoms with Crippen molar-refractivity contribution in [2.24, 2.45) is 23.3 Å². The minimum absolute atomic E-state index is 0.384. The number of rotatable bonds is 5. The minimum atomic E-state index is 0.384. The zero-order valence-corrected chi connectivity index (χ0v) is 7.82. The molecule has 10 heavy (non-hydrogen) atoms. The van der Waals surface area contributed by atoms with E-state index in [0.29, 0.717) is 24.9 Å². The van der Waals surface area contributed by atoms with Gasteiger partial charge in [-0.3, -0.25) is 0 Å². The summed E-state index contributed by atoms with van der Waals surface area (Å²) in [4.78, 5) is 0. The van der Waals surface area contributed by atoms with Crippen LogP contribution >= 0.6 is 25.3 Å². The maximum atomic E-state index is 5.49. The Morgan fingerprint density at radius 2 is 1.30 bits per heavy atom. The quantitative estimate of drug-likeness (QED) is 0.450. The Morgan fingerprint density at radius 1 is 0.900 bits per heavy atom. The Balaban J connectivity index is 3.70. The third-order valence-corrected chi connectivity index (χ3v) is 2.68. The van der Waals surface area contributed by atoms with Gasteiger partial charge in [0.15, 0.2) is 0 Å². The van der Waals surface area contributed by atoms with Crippen LogP contribution in [0.5, 0.6) is 0 Å². The predicted octanol–water partition coefficient (Wildman–Crippen LogP) is -0.00420. The standard InChI is InChI=1S/C6H16N2S2/c7-1-5(2-8)6(3-9)4-10/h5-6,9-10H,1-4,7-8H2. The lowest BCUT2D eigenvalue weighted by atomic mass is 9.96. The van der Waals surface area contributed by atoms with Gasteiger partial charge in [-0.1, -0.05) is 0 Å². The fourth-order valence-electron chi connectivity index (χ4n) is 0.837. The van der Waals surface area contributed by atoms with E-state index in [1.54, 1.807) is 0 Å². The Kier molecular flexibility index (Phi) is 6.73. The molecule has 0 aromatic rings. The first-order chi connectivity index (χ1) is 4.79. The van der Waals surface area contributed by atoms with E-state index in [1.165, 1.54) is 0 Å². The van der Waals surface area contributed by atoms with Crippen molar-refractivity contribution in [3.63, 3.8) is 0 Å². The summed E-state index contributed by atoms with van der Waals surface area (Å²) in [7, 11) is 0. The zero-order valence-electron chi connectivity index (χ0n) is 6.03. The fraction of sp³-hybridized carbons (Fsp3) is 1.00. The van der Waals surface area contributed by atoms with E-state index in [2.05, 4.69) is 25.3 Å². The first kappa shape index (κ1) is 10.6. The van der Waals surface area contributed by atoms with E-state index >= 15 is 0 Å². The number of hydrogen-bond acceptors (Lipinski definition) is 4. The highest BCUT2D eigenvalue weighted by Gasteiger charge is 2.15. The molecular weight excluding hydrogens is 164 g/mol. The van der Waals surface area contributed by atoms with Gasteiger partial charge < -0.3 is 11.5 Å². The maximum absolute atomic E-state index is 5.49. The van der Waals surface area contributed by atoms with Crippen molar-refractivity contribution in [1.82, 2.24) is 0 Å². The lowest BCUT2D eigenvalue weighted by Crippen LogP contribution is -2.32. The zero-order chi connectivity index (χ0) is 7.98. The van der Waals surface area contributed by atoms with E-state index in [0.717, 1.165) is 11.5 Å². The summed E-state index contributed by atoms with van der Waals surface area (Å²) in [5, 5.41) is 0. The van der Waals surface area contributed by atoms with Gasteiger partial charge in [-0.2, -0.15) is 25.3 Å². The highest BCUT2D eigenvalue weighted by molar-refractivity contribution is 7.81. The molecule has 0 aliphatic rings. The van der Waals surface area contributed by atoms with Crippen LogP contribution in [0.4, 0.5) is 0 Å². The molecule has 0 fully saturated rings. The smallest absolute Gasteiger partial charge is 0.00335 e.